The number of rotatable bonds is 13. The van der Waals surface area contributed by atoms with Crippen LogP contribution in [0, 0.1) is 29.3 Å². The van der Waals surface area contributed by atoms with Gasteiger partial charge >= 0.3 is 0 Å². The third-order valence-electron chi connectivity index (χ3n) is 13.8. The molecule has 18 heteroatoms. The Morgan fingerprint density at radius 2 is 1.80 bits per heavy atom. The molecule has 0 radical (unpaired) electrons. The maximum Gasteiger partial charge on any atom is 0.268 e. The third-order valence-corrected chi connectivity index (χ3v) is 14.1. The number of hydrogen-bond donors (Lipinski definition) is 4. The fourth-order valence-corrected chi connectivity index (χ4v) is 10.2. The first kappa shape index (κ1) is 44.8. The van der Waals surface area contributed by atoms with Gasteiger partial charge in [0.05, 0.1) is 35.5 Å². The molecule has 9 rings (SSSR count). The number of nitrogens with one attached hydrogen (secondary N) is 4. The van der Waals surface area contributed by atoms with Gasteiger partial charge in [0.2, 0.25) is 5.95 Å². The molecule has 2 aromatic carbocycles. The van der Waals surface area contributed by atoms with Gasteiger partial charge in [-0.05, 0) is 87.4 Å². The number of allylic oxidation sites excluding steroid dienone is 1. The number of aromatic nitrogens is 4. The molecule has 346 valence electrons. The van der Waals surface area contributed by atoms with E-state index in [9.17, 15) is 0 Å². The van der Waals surface area contributed by atoms with E-state index in [1.165, 1.54) is 23.0 Å². The molecule has 0 bridgehead atoms. The Hall–Kier alpha value is -5.42. The second-order valence-electron chi connectivity index (χ2n) is 18.1. The van der Waals surface area contributed by atoms with Crippen molar-refractivity contribution in [3.8, 4) is 0 Å². The molecule has 65 heavy (non-hydrogen) atoms. The van der Waals surface area contributed by atoms with Gasteiger partial charge in [0.15, 0.2) is 17.5 Å². The average molecular weight is 922 g/mol. The van der Waals surface area contributed by atoms with Crippen LogP contribution in [-0.2, 0) is 7.05 Å². The van der Waals surface area contributed by atoms with Gasteiger partial charge in [0.25, 0.3) is 5.92 Å². The van der Waals surface area contributed by atoms with Gasteiger partial charge in [-0.1, -0.05) is 31.3 Å². The van der Waals surface area contributed by atoms with E-state index in [2.05, 4.69) is 61.0 Å². The van der Waals surface area contributed by atoms with Gasteiger partial charge in [-0.3, -0.25) is 4.68 Å². The molecule has 1 saturated carbocycles. The molecule has 3 unspecified atom stereocenters. The highest BCUT2D eigenvalue weighted by Crippen LogP contribution is 2.49. The molecule has 2 saturated heterocycles. The summed E-state index contributed by atoms with van der Waals surface area (Å²) in [6, 6.07) is 3.23. The van der Waals surface area contributed by atoms with Crippen LogP contribution in [0.2, 0.25) is 5.02 Å². The van der Waals surface area contributed by atoms with Gasteiger partial charge < -0.3 is 36.0 Å². The zero-order valence-corrected chi connectivity index (χ0v) is 37.3. The maximum atomic E-state index is 16.1. The highest BCUT2D eigenvalue weighted by Gasteiger charge is 2.51. The first-order valence-corrected chi connectivity index (χ1v) is 22.7. The van der Waals surface area contributed by atoms with E-state index < -0.39 is 35.6 Å². The fourth-order valence-electron chi connectivity index (χ4n) is 10.0. The number of alkyl halides is 3. The van der Waals surface area contributed by atoms with Crippen molar-refractivity contribution in [2.24, 2.45) is 18.9 Å². The second kappa shape index (κ2) is 17.8. The molecule has 1 aliphatic carbocycles. The number of fused-ring (bicyclic) bond motifs is 3. The lowest BCUT2D eigenvalue weighted by molar-refractivity contribution is -0.0441. The lowest BCUT2D eigenvalue weighted by Gasteiger charge is -2.39. The molecule has 4 aliphatic heterocycles. The fraction of sp³-hybridized carbons (Fsp3) is 0.468. The third kappa shape index (κ3) is 8.73. The largest absolute Gasteiger partial charge is 0.391 e. The second-order valence-corrected chi connectivity index (χ2v) is 18.5. The summed E-state index contributed by atoms with van der Waals surface area (Å²) in [5, 5.41) is 17.1. The monoisotopic (exact) mass is 921 g/mol. The minimum absolute atomic E-state index is 0.0259. The first-order valence-electron chi connectivity index (χ1n) is 22.3. The molecule has 5 aliphatic rings. The number of aryl methyl sites for hydroxylation is 1. The van der Waals surface area contributed by atoms with Crippen LogP contribution in [0.25, 0.3) is 16.6 Å². The van der Waals surface area contributed by atoms with Crippen molar-refractivity contribution in [2.45, 2.75) is 75.4 Å². The van der Waals surface area contributed by atoms with Crippen LogP contribution in [0.4, 0.5) is 55.3 Å². The molecule has 4 aromatic rings. The van der Waals surface area contributed by atoms with Gasteiger partial charge in [-0.15, -0.1) is 0 Å². The summed E-state index contributed by atoms with van der Waals surface area (Å²) in [5.41, 5.74) is 3.74. The Labute approximate surface area is 379 Å². The lowest BCUT2D eigenvalue weighted by Crippen LogP contribution is -2.47. The van der Waals surface area contributed by atoms with Crippen LogP contribution in [0.5, 0.6) is 0 Å². The maximum absolute atomic E-state index is 16.1. The summed E-state index contributed by atoms with van der Waals surface area (Å²) in [5.74, 6) is -4.86. The summed E-state index contributed by atoms with van der Waals surface area (Å²) in [6.07, 6.45) is 5.10. The Balaban J connectivity index is 0.836. The van der Waals surface area contributed by atoms with Crippen molar-refractivity contribution < 1.29 is 26.3 Å². The normalized spacial score (nSPS) is 22.6. The van der Waals surface area contributed by atoms with Gasteiger partial charge in [-0.2, -0.15) is 10.1 Å². The number of nitrogens with zero attached hydrogens (tertiary/aromatic N) is 7. The highest BCUT2D eigenvalue weighted by atomic mass is 35.5. The van der Waals surface area contributed by atoms with E-state index in [4.69, 9.17) is 11.6 Å². The standard InChI is InChI=1S/C47H54ClF6N11/c1-6-55-15-10-25(2)57-44-32-19-35(50)39(40(52)42(32)63(5)61-44)27-11-16-64(17-12-27)23-29-13-18-65(24-36(29)51)46-56-22-33(48)45(60-46)58-37-20-31-38(21-34(37)49)62(4)26(3)30-9-14-47(53,54)43(28-7-8-28)59-41(30)31/h6,19-22,27-29,36,43,55,59H,1-3,7-18,23-24H2,4-5H3,(H,57,61)(H,56,58,60). The van der Waals surface area contributed by atoms with E-state index in [0.717, 1.165) is 12.8 Å². The van der Waals surface area contributed by atoms with E-state index in [0.29, 0.717) is 104 Å². The van der Waals surface area contributed by atoms with Crippen LogP contribution in [0.3, 0.4) is 0 Å². The Bertz CT molecular complexity index is 2570. The number of likely N-dealkylation sites (N-methyl/N-ethyl adjacent to an activating group) is 1. The molecule has 3 fully saturated rings. The van der Waals surface area contributed by atoms with Crippen molar-refractivity contribution >= 4 is 57.2 Å². The van der Waals surface area contributed by atoms with E-state index in [1.54, 1.807) is 36.2 Å². The van der Waals surface area contributed by atoms with Crippen molar-refractivity contribution in [1.29, 1.82) is 0 Å². The molecule has 0 spiro atoms. The SMILES string of the molecule is C=CNCCC(=C)Nc1nn(C)c2c(F)c(C3CCN(CC4CCN(c5ncc(Cl)c(Nc6cc7c(cc6F)N(C)C(=C)C6=C7NC(C7CC7)C(F)(F)CC6)n5)CC4F)CC3)c(F)cc12. The summed E-state index contributed by atoms with van der Waals surface area (Å²) < 4.78 is 96.0. The quantitative estimate of drug-likeness (QED) is 0.0767. The number of likely N-dealkylation sites (tertiary alicyclic amines) is 1. The predicted molar refractivity (Wildman–Crippen MR) is 245 cm³/mol. The molecular weight excluding hydrogens is 868 g/mol. The Morgan fingerprint density at radius 1 is 1.03 bits per heavy atom. The zero-order chi connectivity index (χ0) is 45.9. The van der Waals surface area contributed by atoms with Crippen molar-refractivity contribution in [3.63, 3.8) is 0 Å². The summed E-state index contributed by atoms with van der Waals surface area (Å²) in [6.45, 7) is 14.5. The predicted octanol–water partition coefficient (Wildman–Crippen LogP) is 9.74. The van der Waals surface area contributed by atoms with Gasteiger partial charge in [0.1, 0.15) is 28.3 Å². The zero-order valence-electron chi connectivity index (χ0n) is 36.6. The average Bonchev–Trinajstić information content (AvgIpc) is 4.08. The smallest absolute Gasteiger partial charge is 0.268 e. The lowest BCUT2D eigenvalue weighted by atomic mass is 9.87. The van der Waals surface area contributed by atoms with E-state index in [1.807, 2.05) is 0 Å². The molecule has 2 aromatic heterocycles. The van der Waals surface area contributed by atoms with Crippen LogP contribution in [-0.4, -0.2) is 89.1 Å². The van der Waals surface area contributed by atoms with Crippen molar-refractivity contribution in [1.82, 2.24) is 35.3 Å². The summed E-state index contributed by atoms with van der Waals surface area (Å²) >= 11 is 6.55. The van der Waals surface area contributed by atoms with Gasteiger partial charge in [0, 0.05) is 86.8 Å². The summed E-state index contributed by atoms with van der Waals surface area (Å²) in [7, 11) is 3.37. The number of benzene rings is 2. The molecule has 6 heterocycles. The Morgan fingerprint density at radius 3 is 2.52 bits per heavy atom. The van der Waals surface area contributed by atoms with Crippen LogP contribution in [0.15, 0.2) is 67.3 Å². The number of hydrogen-bond acceptors (Lipinski definition) is 10. The van der Waals surface area contributed by atoms with Crippen molar-refractivity contribution in [3.05, 3.63) is 101 Å². The van der Waals surface area contributed by atoms with Crippen LogP contribution >= 0.6 is 11.6 Å². The van der Waals surface area contributed by atoms with E-state index in [-0.39, 0.29) is 70.7 Å². The van der Waals surface area contributed by atoms with Crippen molar-refractivity contribution in [2.75, 3.05) is 66.7 Å². The molecule has 3 atom stereocenters. The minimum atomic E-state index is -2.92. The first-order chi connectivity index (χ1) is 31.1. The number of anilines is 5. The molecule has 0 amide bonds. The molecular formula is C47H54ClF6N11. The van der Waals surface area contributed by atoms with E-state index >= 15 is 26.3 Å². The number of halogens is 7. The molecule has 4 N–H and O–H groups in total. The van der Waals surface area contributed by atoms with Gasteiger partial charge in [-0.25, -0.2) is 31.3 Å². The number of piperidine rings is 2. The Kier molecular flexibility index (Phi) is 12.2. The van der Waals surface area contributed by atoms with Crippen LogP contribution < -0.4 is 31.1 Å². The topological polar surface area (TPSA) is 101 Å². The summed E-state index contributed by atoms with van der Waals surface area (Å²) in [4.78, 5) is 14.6. The van der Waals surface area contributed by atoms with Crippen LogP contribution in [0.1, 0.15) is 68.4 Å². The highest BCUT2D eigenvalue weighted by molar-refractivity contribution is 6.33. The minimum Gasteiger partial charge on any atom is -0.391 e. The molecule has 11 nitrogen and oxygen atoms in total.